The zero-order valence-electron chi connectivity index (χ0n) is 25.6. The van der Waals surface area contributed by atoms with Crippen molar-refractivity contribution >= 4 is 29.1 Å². The van der Waals surface area contributed by atoms with E-state index >= 15 is 0 Å². The lowest BCUT2D eigenvalue weighted by Crippen LogP contribution is -2.54. The molecule has 42 heavy (non-hydrogen) atoms. The van der Waals surface area contributed by atoms with Gasteiger partial charge in [0.15, 0.2) is 0 Å². The fraction of sp³-hybridized carbons (Fsp3) is 0.613. The average molecular weight is 603 g/mol. The van der Waals surface area contributed by atoms with Crippen LogP contribution in [0, 0.1) is 18.3 Å². The van der Waals surface area contributed by atoms with Crippen LogP contribution in [-0.2, 0) is 35.1 Å². The molecule has 0 bridgehead atoms. The number of aromatic nitrogens is 1. The highest BCUT2D eigenvalue weighted by molar-refractivity contribution is 7.13. The number of aryl methyl sites for hydroxylation is 1. The van der Waals surface area contributed by atoms with Gasteiger partial charge in [0.2, 0.25) is 17.7 Å². The second kappa shape index (κ2) is 16.7. The summed E-state index contributed by atoms with van der Waals surface area (Å²) in [5.41, 5.74) is 4.48. The summed E-state index contributed by atoms with van der Waals surface area (Å²) in [6.45, 7) is 13.7. The third kappa shape index (κ3) is 10.4. The van der Waals surface area contributed by atoms with E-state index in [9.17, 15) is 14.4 Å². The molecule has 0 unspecified atom stereocenters. The van der Waals surface area contributed by atoms with Gasteiger partial charge >= 0.3 is 0 Å². The standard InChI is InChI=1S/C31H46N4O6S/c1-6-39-15-16-41-18-17-40-14-12-26(36)34-28(31(3,4)5)30(38)35-13-11-25(20-35)29(37)32-19-23-7-9-24(10-8-23)27-22(2)33-21-42-27/h7-10,21,25,28H,6,11-20H2,1-5H3,(H,32,37)(H,34,36)/t25-,28-/m0/s1. The van der Waals surface area contributed by atoms with Crippen LogP contribution in [0.2, 0.25) is 0 Å². The normalized spacial score (nSPS) is 15.9. The Morgan fingerprint density at radius 1 is 1.05 bits per heavy atom. The minimum absolute atomic E-state index is 0.0666. The SMILES string of the molecule is CCOCCOCCOCCC(=O)N[C@@H](C(=O)N1CC[C@H](C(=O)NCc2ccc(-c3scnc3C)cc2)C1)C(C)(C)C. The number of carbonyl (C=O) groups excluding carboxylic acids is 3. The average Bonchev–Trinajstić information content (AvgIpc) is 3.63. The van der Waals surface area contributed by atoms with Crippen molar-refractivity contribution in [3.63, 3.8) is 0 Å². The lowest BCUT2D eigenvalue weighted by Gasteiger charge is -2.33. The lowest BCUT2D eigenvalue weighted by atomic mass is 9.85. The minimum Gasteiger partial charge on any atom is -0.379 e. The maximum Gasteiger partial charge on any atom is 0.245 e. The Morgan fingerprint density at radius 2 is 1.71 bits per heavy atom. The molecule has 0 spiro atoms. The summed E-state index contributed by atoms with van der Waals surface area (Å²) in [6.07, 6.45) is 0.737. The van der Waals surface area contributed by atoms with Crippen LogP contribution in [0.15, 0.2) is 29.8 Å². The molecule has 2 heterocycles. The summed E-state index contributed by atoms with van der Waals surface area (Å²) < 4.78 is 16.1. The van der Waals surface area contributed by atoms with E-state index in [1.165, 1.54) is 0 Å². The second-order valence-corrected chi connectivity index (χ2v) is 12.3. The molecule has 1 fully saturated rings. The molecule has 10 nitrogen and oxygen atoms in total. The van der Waals surface area contributed by atoms with Gasteiger partial charge in [0, 0.05) is 32.7 Å². The molecule has 0 aliphatic carbocycles. The highest BCUT2D eigenvalue weighted by atomic mass is 32.1. The van der Waals surface area contributed by atoms with Gasteiger partial charge in [0.25, 0.3) is 0 Å². The smallest absolute Gasteiger partial charge is 0.245 e. The van der Waals surface area contributed by atoms with E-state index in [0.717, 1.165) is 21.7 Å². The zero-order valence-corrected chi connectivity index (χ0v) is 26.4. The second-order valence-electron chi connectivity index (χ2n) is 11.5. The van der Waals surface area contributed by atoms with Gasteiger partial charge in [-0.25, -0.2) is 4.98 Å². The van der Waals surface area contributed by atoms with Crippen molar-refractivity contribution < 1.29 is 28.6 Å². The van der Waals surface area contributed by atoms with Gasteiger partial charge in [-0.2, -0.15) is 0 Å². The van der Waals surface area contributed by atoms with E-state index in [0.29, 0.717) is 59.1 Å². The van der Waals surface area contributed by atoms with Crippen LogP contribution < -0.4 is 10.6 Å². The first-order chi connectivity index (χ1) is 20.1. The first-order valence-electron chi connectivity index (χ1n) is 14.7. The minimum atomic E-state index is -0.700. The Labute approximate surface area is 253 Å². The molecule has 1 aliphatic rings. The van der Waals surface area contributed by atoms with Crippen LogP contribution in [0.4, 0.5) is 0 Å². The van der Waals surface area contributed by atoms with Gasteiger partial charge in [-0.1, -0.05) is 45.0 Å². The first kappa shape index (κ1) is 33.6. The van der Waals surface area contributed by atoms with E-state index in [1.54, 1.807) is 16.2 Å². The summed E-state index contributed by atoms with van der Waals surface area (Å²) >= 11 is 1.61. The largest absolute Gasteiger partial charge is 0.379 e. The number of thiazole rings is 1. The molecule has 3 amide bonds. The molecule has 1 saturated heterocycles. The summed E-state index contributed by atoms with van der Waals surface area (Å²) in [7, 11) is 0. The number of likely N-dealkylation sites (tertiary alicyclic amines) is 1. The fourth-order valence-corrected chi connectivity index (χ4v) is 5.49. The molecule has 2 aromatic rings. The summed E-state index contributed by atoms with van der Waals surface area (Å²) in [5.74, 6) is -0.758. The number of rotatable bonds is 16. The topological polar surface area (TPSA) is 119 Å². The Hall–Kier alpha value is -2.86. The van der Waals surface area contributed by atoms with Crippen LogP contribution in [0.5, 0.6) is 0 Å². The summed E-state index contributed by atoms with van der Waals surface area (Å²) in [4.78, 5) is 46.2. The predicted molar refractivity (Wildman–Crippen MR) is 163 cm³/mol. The number of ether oxygens (including phenoxy) is 3. The molecule has 0 radical (unpaired) electrons. The maximum atomic E-state index is 13.5. The van der Waals surface area contributed by atoms with E-state index in [2.05, 4.69) is 15.6 Å². The lowest BCUT2D eigenvalue weighted by molar-refractivity contribution is -0.139. The predicted octanol–water partition coefficient (Wildman–Crippen LogP) is 3.57. The van der Waals surface area contributed by atoms with Crippen molar-refractivity contribution in [3.8, 4) is 10.4 Å². The number of carbonyl (C=O) groups is 3. The third-order valence-electron chi connectivity index (χ3n) is 7.14. The Balaban J connectivity index is 1.41. The van der Waals surface area contributed by atoms with Crippen molar-refractivity contribution in [2.75, 3.05) is 52.7 Å². The molecule has 2 N–H and O–H groups in total. The number of hydrogen-bond donors (Lipinski definition) is 2. The van der Waals surface area contributed by atoms with Crippen molar-refractivity contribution in [1.82, 2.24) is 20.5 Å². The van der Waals surface area contributed by atoms with Gasteiger partial charge in [-0.15, -0.1) is 11.3 Å². The number of nitrogens with one attached hydrogen (secondary N) is 2. The Bertz CT molecular complexity index is 1150. The molecule has 1 aliphatic heterocycles. The van der Waals surface area contributed by atoms with Crippen molar-refractivity contribution in [3.05, 3.63) is 41.0 Å². The van der Waals surface area contributed by atoms with E-state index < -0.39 is 11.5 Å². The van der Waals surface area contributed by atoms with Crippen molar-refractivity contribution in [2.24, 2.45) is 11.3 Å². The monoisotopic (exact) mass is 602 g/mol. The first-order valence-corrected chi connectivity index (χ1v) is 15.6. The molecule has 1 aromatic heterocycles. The van der Waals surface area contributed by atoms with E-state index in [4.69, 9.17) is 14.2 Å². The van der Waals surface area contributed by atoms with Gasteiger partial charge in [-0.05, 0) is 36.8 Å². The van der Waals surface area contributed by atoms with E-state index in [-0.39, 0.29) is 36.7 Å². The highest BCUT2D eigenvalue weighted by Gasteiger charge is 2.39. The highest BCUT2D eigenvalue weighted by Crippen LogP contribution is 2.28. The molecule has 0 saturated carbocycles. The number of hydrogen-bond acceptors (Lipinski definition) is 8. The summed E-state index contributed by atoms with van der Waals surface area (Å²) in [6, 6.07) is 7.42. The maximum absolute atomic E-state index is 13.5. The van der Waals surface area contributed by atoms with Crippen LogP contribution in [0.3, 0.4) is 0 Å². The molecule has 232 valence electrons. The summed E-state index contributed by atoms with van der Waals surface area (Å²) in [5, 5.41) is 5.93. The number of nitrogens with zero attached hydrogens (tertiary/aromatic N) is 2. The van der Waals surface area contributed by atoms with Gasteiger partial charge in [0.05, 0.1) is 55.0 Å². The van der Waals surface area contributed by atoms with Crippen molar-refractivity contribution in [1.29, 1.82) is 0 Å². The fourth-order valence-electron chi connectivity index (χ4n) is 4.67. The number of amides is 3. The van der Waals surface area contributed by atoms with Crippen LogP contribution in [-0.4, -0.2) is 86.4 Å². The van der Waals surface area contributed by atoms with Crippen LogP contribution in [0.25, 0.3) is 10.4 Å². The van der Waals surface area contributed by atoms with Gasteiger partial charge in [-0.3, -0.25) is 14.4 Å². The third-order valence-corrected chi connectivity index (χ3v) is 8.12. The quantitative estimate of drug-likeness (QED) is 0.282. The Kier molecular flexibility index (Phi) is 13.4. The molecule has 1 aromatic carbocycles. The molecule has 2 atom stereocenters. The number of benzene rings is 1. The van der Waals surface area contributed by atoms with Crippen molar-refractivity contribution in [2.45, 2.75) is 60.0 Å². The molecular formula is C31H46N4O6S. The van der Waals surface area contributed by atoms with Gasteiger partial charge < -0.3 is 29.7 Å². The zero-order chi connectivity index (χ0) is 30.5. The van der Waals surface area contributed by atoms with Crippen LogP contribution >= 0.6 is 11.3 Å². The molecule has 11 heteroatoms. The van der Waals surface area contributed by atoms with Crippen LogP contribution in [0.1, 0.15) is 51.8 Å². The Morgan fingerprint density at radius 3 is 2.33 bits per heavy atom. The van der Waals surface area contributed by atoms with Gasteiger partial charge in [0.1, 0.15) is 6.04 Å². The molecular weight excluding hydrogens is 556 g/mol. The van der Waals surface area contributed by atoms with E-state index in [1.807, 2.05) is 64.4 Å². The molecule has 3 rings (SSSR count).